The molecule has 0 atom stereocenters. The molecule has 0 unspecified atom stereocenters. The maximum atomic E-state index is 12.9. The van der Waals surface area contributed by atoms with Gasteiger partial charge in [0.25, 0.3) is 5.56 Å². The molecule has 0 aliphatic carbocycles. The zero-order valence-electron chi connectivity index (χ0n) is 19.5. The number of aryl methyl sites for hydroxylation is 1. The Hall–Kier alpha value is -3.26. The van der Waals surface area contributed by atoms with E-state index in [4.69, 9.17) is 4.74 Å². The number of pyridine rings is 2. The van der Waals surface area contributed by atoms with E-state index in [2.05, 4.69) is 40.7 Å². The van der Waals surface area contributed by atoms with Crippen LogP contribution in [0.25, 0.3) is 22.2 Å². The van der Waals surface area contributed by atoms with Crippen molar-refractivity contribution in [3.63, 3.8) is 0 Å². The monoisotopic (exact) mass is 511 g/mol. The number of nitrogens with zero attached hydrogens (tertiary/aromatic N) is 5. The minimum absolute atomic E-state index is 0. The Morgan fingerprint density at radius 3 is 2.69 bits per heavy atom. The van der Waals surface area contributed by atoms with E-state index in [0.717, 1.165) is 42.1 Å². The number of ether oxygens (including phenoxy) is 1. The summed E-state index contributed by atoms with van der Waals surface area (Å²) in [6.45, 7) is 2.34. The van der Waals surface area contributed by atoms with Crippen molar-refractivity contribution in [3.8, 4) is 11.4 Å². The van der Waals surface area contributed by atoms with Gasteiger partial charge in [0.2, 0.25) is 0 Å². The predicted octanol–water partition coefficient (Wildman–Crippen LogP) is 4.39. The van der Waals surface area contributed by atoms with Crippen LogP contribution in [0.2, 0.25) is 0 Å². The summed E-state index contributed by atoms with van der Waals surface area (Å²) in [7, 11) is 4.28. The maximum Gasteiger partial charge on any atom is 0.258 e. The second-order valence-electron chi connectivity index (χ2n) is 8.73. The average molecular weight is 512 g/mol. The number of fused-ring (bicyclic) bond motifs is 4. The van der Waals surface area contributed by atoms with E-state index in [1.54, 1.807) is 10.8 Å². The molecule has 1 aromatic carbocycles. The van der Waals surface area contributed by atoms with Gasteiger partial charge in [-0.2, -0.15) is 0 Å². The highest BCUT2D eigenvalue weighted by Crippen LogP contribution is 2.31. The molecule has 7 nitrogen and oxygen atoms in total. The minimum Gasteiger partial charge on any atom is -0.487 e. The summed E-state index contributed by atoms with van der Waals surface area (Å²) in [5, 5.41) is 1.27. The zero-order valence-corrected chi connectivity index (χ0v) is 21.2. The molecule has 0 radical (unpaired) electrons. The number of aromatic nitrogens is 4. The summed E-state index contributed by atoms with van der Waals surface area (Å²) < 4.78 is 11.7. The quantitative estimate of drug-likeness (QED) is 0.359. The minimum atomic E-state index is -0.124. The van der Waals surface area contributed by atoms with Crippen LogP contribution in [0.15, 0.2) is 71.9 Å². The summed E-state index contributed by atoms with van der Waals surface area (Å²) in [5.41, 5.74) is 6.36. The highest BCUT2D eigenvalue weighted by molar-refractivity contribution is 5.87. The fourth-order valence-electron chi connectivity index (χ4n) is 4.82. The molecule has 0 fully saturated rings. The van der Waals surface area contributed by atoms with Gasteiger partial charge in [0.1, 0.15) is 18.0 Å². The Balaban J connectivity index is 0.00000144. The molecule has 1 aliphatic rings. The summed E-state index contributed by atoms with van der Waals surface area (Å²) in [6, 6.07) is 15.5. The third-order valence-electron chi connectivity index (χ3n) is 6.55. The van der Waals surface area contributed by atoms with Gasteiger partial charge in [-0.15, -0.1) is 24.8 Å². The smallest absolute Gasteiger partial charge is 0.258 e. The van der Waals surface area contributed by atoms with Crippen molar-refractivity contribution in [3.05, 3.63) is 94.4 Å². The van der Waals surface area contributed by atoms with E-state index in [9.17, 15) is 4.79 Å². The van der Waals surface area contributed by atoms with Crippen LogP contribution >= 0.6 is 24.8 Å². The summed E-state index contributed by atoms with van der Waals surface area (Å²) in [6.07, 6.45) is 6.71. The number of hydrogen-bond acceptors (Lipinski definition) is 4. The second kappa shape index (κ2) is 9.77. The second-order valence-corrected chi connectivity index (χ2v) is 8.73. The van der Waals surface area contributed by atoms with Crippen molar-refractivity contribution >= 4 is 41.4 Å². The number of rotatable bonds is 4. The predicted molar refractivity (Wildman–Crippen MR) is 143 cm³/mol. The van der Waals surface area contributed by atoms with Crippen molar-refractivity contribution in [2.24, 2.45) is 7.05 Å². The third kappa shape index (κ3) is 4.43. The summed E-state index contributed by atoms with van der Waals surface area (Å²) in [4.78, 5) is 19.8. The van der Waals surface area contributed by atoms with E-state index in [-0.39, 0.29) is 30.4 Å². The lowest BCUT2D eigenvalue weighted by Crippen LogP contribution is -2.26. The van der Waals surface area contributed by atoms with Crippen LogP contribution in [0, 0.1) is 0 Å². The van der Waals surface area contributed by atoms with Crippen LogP contribution in [-0.2, 0) is 26.6 Å². The van der Waals surface area contributed by atoms with E-state index in [1.807, 2.05) is 47.1 Å². The average Bonchev–Trinajstić information content (AvgIpc) is 3.36. The fourth-order valence-corrected chi connectivity index (χ4v) is 4.82. The lowest BCUT2D eigenvalue weighted by atomic mass is 10.0. The molecule has 0 N–H and O–H groups in total. The van der Waals surface area contributed by atoms with Crippen LogP contribution in [0.1, 0.15) is 17.0 Å². The molecule has 0 amide bonds. The molecule has 9 heteroatoms. The first-order valence-electron chi connectivity index (χ1n) is 11.1. The van der Waals surface area contributed by atoms with Crippen molar-refractivity contribution in [1.82, 2.24) is 23.4 Å². The standard InChI is InChI=1S/C26H25N5O2.2ClH/c1-28-11-9-23-22(16-28)21-7-6-19(13-24(21)29(23)2)31-12-8-20(14-26(31)32)33-17-18-15-30-10-4-3-5-25(30)27-18;;/h3-8,10,12-15H,9,11,16-17H2,1-2H3;2*1H. The number of hydrogen-bond donors (Lipinski definition) is 0. The number of likely N-dealkylation sites (N-methyl/N-ethyl adjacent to an activating group) is 1. The van der Waals surface area contributed by atoms with Crippen molar-refractivity contribution in [1.29, 1.82) is 0 Å². The van der Waals surface area contributed by atoms with E-state index in [1.165, 1.54) is 22.7 Å². The van der Waals surface area contributed by atoms with Gasteiger partial charge in [-0.25, -0.2) is 4.98 Å². The lowest BCUT2D eigenvalue weighted by Gasteiger charge is -2.23. The molecule has 0 bridgehead atoms. The van der Waals surface area contributed by atoms with Gasteiger partial charge in [0.15, 0.2) is 0 Å². The third-order valence-corrected chi connectivity index (χ3v) is 6.55. The van der Waals surface area contributed by atoms with Crippen LogP contribution < -0.4 is 10.3 Å². The normalized spacial score (nSPS) is 13.3. The maximum absolute atomic E-state index is 12.9. The van der Waals surface area contributed by atoms with Gasteiger partial charge < -0.3 is 18.6 Å². The first kappa shape index (κ1) is 24.9. The molecule has 5 aromatic rings. The highest BCUT2D eigenvalue weighted by Gasteiger charge is 2.21. The molecule has 182 valence electrons. The first-order valence-corrected chi connectivity index (χ1v) is 11.1. The fraction of sp³-hybridized carbons (Fsp3) is 0.231. The highest BCUT2D eigenvalue weighted by atomic mass is 35.5. The first-order chi connectivity index (χ1) is 16.1. The molecule has 0 saturated carbocycles. The van der Waals surface area contributed by atoms with E-state index < -0.39 is 0 Å². The van der Waals surface area contributed by atoms with E-state index >= 15 is 0 Å². The van der Waals surface area contributed by atoms with Crippen LogP contribution in [-0.4, -0.2) is 37.0 Å². The summed E-state index contributed by atoms with van der Waals surface area (Å²) >= 11 is 0. The molecule has 0 spiro atoms. The zero-order chi connectivity index (χ0) is 22.5. The molecule has 1 aliphatic heterocycles. The van der Waals surface area contributed by atoms with Crippen LogP contribution in [0.4, 0.5) is 0 Å². The Morgan fingerprint density at radius 1 is 1.03 bits per heavy atom. The Kier molecular flexibility index (Phi) is 6.94. The summed E-state index contributed by atoms with van der Waals surface area (Å²) in [5.74, 6) is 0.534. The SMILES string of the molecule is CN1CCc2c(c3ccc(-n4ccc(OCc5cn6ccccc6n5)cc4=O)cc3n2C)C1.Cl.Cl. The largest absolute Gasteiger partial charge is 0.487 e. The van der Waals surface area contributed by atoms with Gasteiger partial charge >= 0.3 is 0 Å². The molecule has 0 saturated heterocycles. The Labute approximate surface area is 215 Å². The number of imidazole rings is 1. The van der Waals surface area contributed by atoms with Gasteiger partial charge in [-0.1, -0.05) is 12.1 Å². The van der Waals surface area contributed by atoms with Gasteiger partial charge in [-0.05, 0) is 42.9 Å². The van der Waals surface area contributed by atoms with Gasteiger partial charge in [0, 0.05) is 62.3 Å². The molecule has 5 heterocycles. The van der Waals surface area contributed by atoms with E-state index in [0.29, 0.717) is 12.4 Å². The van der Waals surface area contributed by atoms with Crippen LogP contribution in [0.5, 0.6) is 5.75 Å². The number of halogens is 2. The van der Waals surface area contributed by atoms with Crippen molar-refractivity contribution < 1.29 is 4.74 Å². The molecular formula is C26H27Cl2N5O2. The molecular weight excluding hydrogens is 485 g/mol. The lowest BCUT2D eigenvalue weighted by molar-refractivity contribution is 0.301. The van der Waals surface area contributed by atoms with Crippen molar-refractivity contribution in [2.45, 2.75) is 19.6 Å². The topological polar surface area (TPSA) is 56.7 Å². The van der Waals surface area contributed by atoms with Crippen LogP contribution in [0.3, 0.4) is 0 Å². The number of benzene rings is 1. The molecule has 4 aromatic heterocycles. The Morgan fingerprint density at radius 2 is 1.89 bits per heavy atom. The molecule has 6 rings (SSSR count). The van der Waals surface area contributed by atoms with Gasteiger partial charge in [-0.3, -0.25) is 9.36 Å². The Bertz CT molecular complexity index is 1540. The van der Waals surface area contributed by atoms with Gasteiger partial charge in [0.05, 0.1) is 16.9 Å². The molecule has 35 heavy (non-hydrogen) atoms. The van der Waals surface area contributed by atoms with Crippen molar-refractivity contribution in [2.75, 3.05) is 13.6 Å².